The zero-order valence-electron chi connectivity index (χ0n) is 39.1. The number of anilines is 1. The number of H-pyrrole nitrogens is 1. The molecule has 1 amide bonds. The molecule has 350 valence electrons. The first-order chi connectivity index (χ1) is 32.2. The minimum atomic E-state index is -2.67. The summed E-state index contributed by atoms with van der Waals surface area (Å²) in [4.78, 5) is 47.5. The molecule has 1 aliphatic carbocycles. The molecule has 17 heteroatoms. The van der Waals surface area contributed by atoms with Crippen LogP contribution in [0.15, 0.2) is 81.1 Å². The highest BCUT2D eigenvalue weighted by Crippen LogP contribution is 2.56. The Labute approximate surface area is 387 Å². The van der Waals surface area contributed by atoms with Crippen LogP contribution in [0, 0.1) is 25.6 Å². The molecule has 4 aromatic heterocycles. The Hall–Kier alpha value is -6.25. The zero-order chi connectivity index (χ0) is 47.1. The van der Waals surface area contributed by atoms with Crippen molar-refractivity contribution in [2.45, 2.75) is 91.1 Å². The van der Waals surface area contributed by atoms with Crippen molar-refractivity contribution in [3.05, 3.63) is 133 Å². The maximum atomic E-state index is 15.5. The largest absolute Gasteiger partial charge is 0.438 e. The molecule has 6 heterocycles. The molecule has 7 aromatic rings. The number of fused-ring (bicyclic) bond motifs is 2. The molecule has 0 radical (unpaired) electrons. The van der Waals surface area contributed by atoms with Crippen LogP contribution in [0.5, 0.6) is 0 Å². The fraction of sp³-hybridized carbons (Fsp3) is 0.420. The Bertz CT molecular complexity index is 3240. The number of nitrogens with one attached hydrogen (secondary N) is 2. The van der Waals surface area contributed by atoms with Gasteiger partial charge in [-0.15, -0.1) is 0 Å². The van der Waals surface area contributed by atoms with E-state index >= 15 is 9.18 Å². The number of aryl methyl sites for hydroxylation is 2. The summed E-state index contributed by atoms with van der Waals surface area (Å²) in [7, 11) is -0.880. The van der Waals surface area contributed by atoms with E-state index in [1.807, 2.05) is 54.5 Å². The van der Waals surface area contributed by atoms with E-state index in [9.17, 15) is 14.2 Å². The van der Waals surface area contributed by atoms with Gasteiger partial charge in [0.15, 0.2) is 5.82 Å². The van der Waals surface area contributed by atoms with Gasteiger partial charge in [-0.1, -0.05) is 32.0 Å². The number of carbonyl (C=O) groups is 1. The highest BCUT2D eigenvalue weighted by atomic mass is 31.2. The summed E-state index contributed by atoms with van der Waals surface area (Å²) in [5, 5.41) is 14.2. The van der Waals surface area contributed by atoms with Crippen molar-refractivity contribution in [1.29, 1.82) is 0 Å². The lowest BCUT2D eigenvalue weighted by molar-refractivity contribution is 0.0663. The van der Waals surface area contributed by atoms with Crippen molar-refractivity contribution in [3.63, 3.8) is 0 Å². The summed E-state index contributed by atoms with van der Waals surface area (Å²) in [5.74, 6) is -0.0495. The second kappa shape index (κ2) is 16.8. The zero-order valence-corrected chi connectivity index (χ0v) is 40.0. The number of aromatic amines is 1. The first kappa shape index (κ1) is 44.6. The third-order valence-corrected chi connectivity index (χ3v) is 18.2. The van der Waals surface area contributed by atoms with Gasteiger partial charge in [0.1, 0.15) is 30.0 Å². The summed E-state index contributed by atoms with van der Waals surface area (Å²) in [6.45, 7) is 13.2. The standard InChI is InChI=1S/C50H57FN9O6P/c1-8-22-67(64,9-2)42-13-11-36(27-39(42)52-7)57-18-19-58(49(57)63)45-43-32(6)56(17-14-38(43)54-60(45)37-23-29(3)44(51)30(4)24-37)46(61)41-26-35-25-34(33-15-20-65-21-16-33)10-12-40(35)59(41)50(28-31(50)5)47-53-48(62)66-55-47/h10-13,18-19,23-27,31-33,52H,8-9,14-17,20-22,28H2,1-7H3,(H,53,55,62)/t31-,32-,50-,67?/m0/s1. The van der Waals surface area contributed by atoms with Gasteiger partial charge in [-0.3, -0.25) is 23.4 Å². The number of aromatic nitrogens is 7. The molecule has 2 N–H and O–H groups in total. The van der Waals surface area contributed by atoms with Crippen molar-refractivity contribution in [2.24, 2.45) is 5.92 Å². The molecule has 3 aliphatic rings. The van der Waals surface area contributed by atoms with E-state index in [4.69, 9.17) is 14.4 Å². The molecule has 0 spiro atoms. The maximum absolute atomic E-state index is 15.5. The van der Waals surface area contributed by atoms with E-state index in [0.29, 0.717) is 108 Å². The lowest BCUT2D eigenvalue weighted by Crippen LogP contribution is -2.41. The average Bonchev–Trinajstić information content (AvgIpc) is 3.83. The SMILES string of the molecule is CCCP(=O)(CC)c1ccc(-n2ccn(-c3c4c(nn3-c3cc(C)c(F)c(C)c3)CCN(C(=O)c3cc5cc(C6CCOCC6)ccc5n3[C@@]3(c5noc(=O)[nH]5)C[C@@H]3C)[C@H]4C)c2=O)cc1NC. The van der Waals surface area contributed by atoms with Crippen molar-refractivity contribution in [1.82, 2.24) is 38.5 Å². The van der Waals surface area contributed by atoms with E-state index in [1.54, 1.807) is 59.2 Å². The molecule has 10 rings (SSSR count). The number of halogens is 1. The van der Waals surface area contributed by atoms with Crippen LogP contribution in [0.3, 0.4) is 0 Å². The highest BCUT2D eigenvalue weighted by Gasteiger charge is 2.59. The van der Waals surface area contributed by atoms with E-state index in [0.717, 1.165) is 35.5 Å². The van der Waals surface area contributed by atoms with Gasteiger partial charge >= 0.3 is 11.4 Å². The van der Waals surface area contributed by atoms with Crippen LogP contribution in [-0.4, -0.2) is 83.6 Å². The Morgan fingerprint density at radius 3 is 2.37 bits per heavy atom. The van der Waals surface area contributed by atoms with E-state index < -0.39 is 24.5 Å². The molecule has 0 bridgehead atoms. The molecule has 2 fully saturated rings. The normalized spacial score (nSPS) is 20.6. The highest BCUT2D eigenvalue weighted by molar-refractivity contribution is 7.71. The van der Waals surface area contributed by atoms with Crippen molar-refractivity contribution in [2.75, 3.05) is 44.4 Å². The third-order valence-electron chi connectivity index (χ3n) is 14.7. The topological polar surface area (TPSA) is 167 Å². The summed E-state index contributed by atoms with van der Waals surface area (Å²) in [6.07, 6.45) is 8.13. The van der Waals surface area contributed by atoms with Crippen LogP contribution in [0.4, 0.5) is 10.1 Å². The predicted molar refractivity (Wildman–Crippen MR) is 256 cm³/mol. The van der Waals surface area contributed by atoms with Gasteiger partial charge in [0.05, 0.1) is 23.1 Å². The molecular formula is C50H57FN9O6P. The number of benzene rings is 3. The summed E-state index contributed by atoms with van der Waals surface area (Å²) in [6, 6.07) is 16.8. The predicted octanol–water partition coefficient (Wildman–Crippen LogP) is 8.10. The summed E-state index contributed by atoms with van der Waals surface area (Å²) in [5.41, 5.74) is 5.39. The molecule has 67 heavy (non-hydrogen) atoms. The Morgan fingerprint density at radius 1 is 0.985 bits per heavy atom. The van der Waals surface area contributed by atoms with Crippen LogP contribution < -0.4 is 22.1 Å². The minimum absolute atomic E-state index is 0.0206. The first-order valence-corrected chi connectivity index (χ1v) is 25.5. The van der Waals surface area contributed by atoms with Crippen LogP contribution in [0.2, 0.25) is 0 Å². The number of ether oxygens (including phenoxy) is 1. The van der Waals surface area contributed by atoms with E-state index in [-0.39, 0.29) is 23.3 Å². The average molecular weight is 930 g/mol. The lowest BCUT2D eigenvalue weighted by Gasteiger charge is -2.34. The fourth-order valence-corrected chi connectivity index (χ4v) is 13.6. The second-order valence-electron chi connectivity index (χ2n) is 18.7. The molecule has 3 aromatic carbocycles. The molecular weight excluding hydrogens is 873 g/mol. The molecule has 1 saturated heterocycles. The Balaban J connectivity index is 1.11. The van der Waals surface area contributed by atoms with Gasteiger partial charge in [0, 0.05) is 85.4 Å². The molecule has 1 unspecified atom stereocenters. The summed E-state index contributed by atoms with van der Waals surface area (Å²) >= 11 is 0. The number of hydrogen-bond acceptors (Lipinski definition) is 9. The second-order valence-corrected chi connectivity index (χ2v) is 22.0. The minimum Gasteiger partial charge on any atom is -0.387 e. The van der Waals surface area contributed by atoms with Gasteiger partial charge in [-0.25, -0.2) is 18.7 Å². The van der Waals surface area contributed by atoms with Crippen molar-refractivity contribution < 1.29 is 23.0 Å². The number of imidazole rings is 1. The molecule has 1 saturated carbocycles. The monoisotopic (exact) mass is 929 g/mol. The van der Waals surface area contributed by atoms with Gasteiger partial charge in [0.2, 0.25) is 0 Å². The first-order valence-electron chi connectivity index (χ1n) is 23.4. The molecule has 4 atom stereocenters. The summed E-state index contributed by atoms with van der Waals surface area (Å²) < 4.78 is 46.8. The van der Waals surface area contributed by atoms with E-state index in [1.165, 1.54) is 5.56 Å². The number of hydrogen-bond donors (Lipinski definition) is 2. The van der Waals surface area contributed by atoms with Crippen molar-refractivity contribution >= 4 is 34.9 Å². The quantitative estimate of drug-likeness (QED) is 0.115. The number of nitrogens with zero attached hydrogens (tertiary/aromatic N) is 7. The number of carbonyl (C=O) groups excluding carboxylic acids is 1. The van der Waals surface area contributed by atoms with Gasteiger partial charge in [-0.05, 0) is 124 Å². The third kappa shape index (κ3) is 7.17. The number of rotatable bonds is 12. The van der Waals surface area contributed by atoms with Gasteiger partial charge < -0.3 is 24.1 Å². The van der Waals surface area contributed by atoms with Crippen LogP contribution in [0.1, 0.15) is 110 Å². The van der Waals surface area contributed by atoms with Crippen LogP contribution >= 0.6 is 7.14 Å². The molecule has 15 nitrogen and oxygen atoms in total. The van der Waals surface area contributed by atoms with Crippen molar-refractivity contribution in [3.8, 4) is 17.2 Å². The lowest BCUT2D eigenvalue weighted by atomic mass is 9.91. The van der Waals surface area contributed by atoms with E-state index in [2.05, 4.69) is 40.6 Å². The van der Waals surface area contributed by atoms with Gasteiger partial charge in [-0.2, -0.15) is 5.10 Å². The molecule has 2 aliphatic heterocycles. The van der Waals surface area contributed by atoms with Crippen LogP contribution in [-0.2, 0) is 21.3 Å². The smallest absolute Gasteiger partial charge is 0.387 e. The maximum Gasteiger partial charge on any atom is 0.438 e. The number of amides is 1. The van der Waals surface area contributed by atoms with Gasteiger partial charge in [0.25, 0.3) is 5.91 Å². The Kier molecular flexibility index (Phi) is 11.2. The van der Waals surface area contributed by atoms with Crippen LogP contribution in [0.25, 0.3) is 28.1 Å². The fourth-order valence-electron chi connectivity index (χ4n) is 11.0. The Morgan fingerprint density at radius 2 is 1.72 bits per heavy atom.